The van der Waals surface area contributed by atoms with E-state index in [1.165, 1.54) is 34.8 Å². The van der Waals surface area contributed by atoms with Crippen LogP contribution in [0.2, 0.25) is 0 Å². The summed E-state index contributed by atoms with van der Waals surface area (Å²) < 4.78 is 40.3. The lowest BCUT2D eigenvalue weighted by Crippen LogP contribution is -2.16. The second kappa shape index (κ2) is 5.94. The van der Waals surface area contributed by atoms with Crippen LogP contribution >= 0.6 is 11.3 Å². The second-order valence-corrected chi connectivity index (χ2v) is 6.30. The highest BCUT2D eigenvalue weighted by Crippen LogP contribution is 2.33. The molecule has 0 aliphatic carbocycles. The van der Waals surface area contributed by atoms with Crippen LogP contribution in [0.5, 0.6) is 0 Å². The topological polar surface area (TPSA) is 46.4 Å². The molecule has 4 nitrogen and oxygen atoms in total. The van der Waals surface area contributed by atoms with Crippen molar-refractivity contribution in [3.05, 3.63) is 62.5 Å². The van der Waals surface area contributed by atoms with E-state index < -0.39 is 11.7 Å². The Bertz CT molecular complexity index is 959. The molecule has 0 bridgehead atoms. The van der Waals surface area contributed by atoms with E-state index in [2.05, 4.69) is 10.3 Å². The highest BCUT2D eigenvalue weighted by Gasteiger charge is 2.32. The van der Waals surface area contributed by atoms with Gasteiger partial charge in [0.1, 0.15) is 0 Å². The van der Waals surface area contributed by atoms with Gasteiger partial charge in [0.25, 0.3) is 5.56 Å². The zero-order valence-electron chi connectivity index (χ0n) is 12.9. The molecule has 1 aromatic carbocycles. The third-order valence-electron chi connectivity index (χ3n) is 3.65. The van der Waals surface area contributed by atoms with Gasteiger partial charge in [-0.2, -0.15) is 13.2 Å². The molecule has 126 valence electrons. The van der Waals surface area contributed by atoms with Crippen molar-refractivity contribution in [3.8, 4) is 0 Å². The fourth-order valence-corrected chi connectivity index (χ4v) is 3.31. The number of rotatable bonds is 3. The summed E-state index contributed by atoms with van der Waals surface area (Å²) in [5.41, 5.74) is 0.911. The first kappa shape index (κ1) is 16.5. The zero-order chi connectivity index (χ0) is 17.5. The molecule has 0 atom stereocenters. The molecule has 8 heteroatoms. The molecule has 0 spiro atoms. The zero-order valence-corrected chi connectivity index (χ0v) is 13.8. The van der Waals surface area contributed by atoms with Crippen LogP contribution in [-0.2, 0) is 12.7 Å². The Morgan fingerprint density at radius 2 is 2.00 bits per heavy atom. The molecule has 0 saturated heterocycles. The smallest absolute Gasteiger partial charge is 0.379 e. The number of thiazole rings is 1. The van der Waals surface area contributed by atoms with Gasteiger partial charge in [-0.1, -0.05) is 6.07 Å². The molecule has 0 fully saturated rings. The number of halogens is 3. The predicted octanol–water partition coefficient (Wildman–Crippen LogP) is 4.00. The second-order valence-electron chi connectivity index (χ2n) is 5.46. The van der Waals surface area contributed by atoms with E-state index in [1.807, 2.05) is 12.3 Å². The van der Waals surface area contributed by atoms with Gasteiger partial charge in [0.2, 0.25) is 0 Å². The minimum absolute atomic E-state index is 0.167. The average Bonchev–Trinajstić information content (AvgIpc) is 2.87. The van der Waals surface area contributed by atoms with Gasteiger partial charge in [0.05, 0.1) is 17.8 Å². The lowest BCUT2D eigenvalue weighted by Gasteiger charge is -2.13. The molecule has 0 amide bonds. The van der Waals surface area contributed by atoms with Gasteiger partial charge < -0.3 is 5.32 Å². The molecule has 0 aliphatic rings. The number of benzene rings is 1. The number of fused-ring (bicyclic) bond motifs is 1. The highest BCUT2D eigenvalue weighted by molar-refractivity contribution is 7.15. The van der Waals surface area contributed by atoms with Crippen molar-refractivity contribution in [2.45, 2.75) is 26.6 Å². The van der Waals surface area contributed by atoms with Crippen LogP contribution in [0.1, 0.15) is 22.5 Å². The number of nitrogens with one attached hydrogen (secondary N) is 1. The van der Waals surface area contributed by atoms with Crippen LogP contribution in [0.25, 0.3) is 4.96 Å². The summed E-state index contributed by atoms with van der Waals surface area (Å²) in [7, 11) is 0. The monoisotopic (exact) mass is 353 g/mol. The summed E-state index contributed by atoms with van der Waals surface area (Å²) in [5, 5.41) is 4.72. The Labute approximate surface area is 139 Å². The fourth-order valence-electron chi connectivity index (χ4n) is 2.42. The summed E-state index contributed by atoms with van der Waals surface area (Å²) >= 11 is 1.35. The maximum absolute atomic E-state index is 12.9. The third-order valence-corrected chi connectivity index (χ3v) is 4.59. The fraction of sp³-hybridized carbons (Fsp3) is 0.250. The van der Waals surface area contributed by atoms with Gasteiger partial charge in [-0.05, 0) is 31.5 Å². The minimum Gasteiger partial charge on any atom is -0.379 e. The van der Waals surface area contributed by atoms with Crippen molar-refractivity contribution in [2.75, 3.05) is 5.32 Å². The highest BCUT2D eigenvalue weighted by atomic mass is 32.1. The molecule has 0 aliphatic heterocycles. The summed E-state index contributed by atoms with van der Waals surface area (Å²) in [6.07, 6.45) is -4.40. The Kier molecular flexibility index (Phi) is 4.08. The summed E-state index contributed by atoms with van der Waals surface area (Å²) in [6, 6.07) is 5.44. The Morgan fingerprint density at radius 3 is 2.71 bits per heavy atom. The van der Waals surface area contributed by atoms with E-state index in [1.54, 1.807) is 6.07 Å². The van der Waals surface area contributed by atoms with Crippen LogP contribution in [0.3, 0.4) is 0 Å². The average molecular weight is 353 g/mol. The van der Waals surface area contributed by atoms with Crippen molar-refractivity contribution in [2.24, 2.45) is 0 Å². The molecule has 3 aromatic rings. The Morgan fingerprint density at radius 1 is 1.25 bits per heavy atom. The van der Waals surface area contributed by atoms with E-state index in [9.17, 15) is 18.0 Å². The molecular weight excluding hydrogens is 339 g/mol. The standard InChI is InChI=1S/C16H14F3N3OS/c1-9-3-4-11(5-13(9)16(17,18)19)20-7-12-6-14(23)22-10(2)8-24-15(22)21-12/h3-6,8,20H,7H2,1-2H3. The van der Waals surface area contributed by atoms with E-state index in [4.69, 9.17) is 0 Å². The number of aromatic nitrogens is 2. The van der Waals surface area contributed by atoms with Gasteiger partial charge in [-0.25, -0.2) is 4.98 Å². The first-order chi connectivity index (χ1) is 11.3. The summed E-state index contributed by atoms with van der Waals surface area (Å²) in [5.74, 6) is 0. The molecular formula is C16H14F3N3OS. The first-order valence-corrected chi connectivity index (χ1v) is 8.02. The van der Waals surface area contributed by atoms with Gasteiger partial charge in [0.15, 0.2) is 4.96 Å². The molecule has 3 rings (SSSR count). The largest absolute Gasteiger partial charge is 0.416 e. The van der Waals surface area contributed by atoms with Gasteiger partial charge in [0, 0.05) is 22.8 Å². The quantitative estimate of drug-likeness (QED) is 0.774. The Hall–Kier alpha value is -2.35. The van der Waals surface area contributed by atoms with Gasteiger partial charge in [-0.3, -0.25) is 9.20 Å². The Balaban J connectivity index is 1.85. The maximum atomic E-state index is 12.9. The SMILES string of the molecule is Cc1ccc(NCc2cc(=O)n3c(C)csc3n2)cc1C(F)(F)F. The number of alkyl halides is 3. The summed E-state index contributed by atoms with van der Waals surface area (Å²) in [4.78, 5) is 17.0. The molecule has 1 N–H and O–H groups in total. The molecule has 0 radical (unpaired) electrons. The molecule has 2 heterocycles. The molecule has 0 saturated carbocycles. The van der Waals surface area contributed by atoms with Crippen molar-refractivity contribution in [3.63, 3.8) is 0 Å². The van der Waals surface area contributed by atoms with E-state index in [-0.39, 0.29) is 17.7 Å². The van der Waals surface area contributed by atoms with Crippen LogP contribution in [0.15, 0.2) is 34.4 Å². The predicted molar refractivity (Wildman–Crippen MR) is 87.6 cm³/mol. The van der Waals surface area contributed by atoms with Crippen molar-refractivity contribution < 1.29 is 13.2 Å². The number of anilines is 1. The molecule has 24 heavy (non-hydrogen) atoms. The number of hydrogen-bond acceptors (Lipinski definition) is 4. The third kappa shape index (κ3) is 3.14. The van der Waals surface area contributed by atoms with Crippen LogP contribution < -0.4 is 10.9 Å². The van der Waals surface area contributed by atoms with E-state index >= 15 is 0 Å². The molecule has 2 aromatic heterocycles. The van der Waals surface area contributed by atoms with Gasteiger partial charge >= 0.3 is 6.18 Å². The van der Waals surface area contributed by atoms with E-state index in [0.717, 1.165) is 11.8 Å². The minimum atomic E-state index is -4.40. The normalized spacial score (nSPS) is 11.9. The van der Waals surface area contributed by atoms with E-state index in [0.29, 0.717) is 16.3 Å². The lowest BCUT2D eigenvalue weighted by atomic mass is 10.1. The summed E-state index contributed by atoms with van der Waals surface area (Å²) in [6.45, 7) is 3.40. The number of hydrogen-bond donors (Lipinski definition) is 1. The maximum Gasteiger partial charge on any atom is 0.416 e. The van der Waals surface area contributed by atoms with Crippen LogP contribution in [0, 0.1) is 13.8 Å². The van der Waals surface area contributed by atoms with Crippen LogP contribution in [0.4, 0.5) is 18.9 Å². The molecule has 0 unspecified atom stereocenters. The van der Waals surface area contributed by atoms with Crippen molar-refractivity contribution in [1.82, 2.24) is 9.38 Å². The van der Waals surface area contributed by atoms with Gasteiger partial charge in [-0.15, -0.1) is 11.3 Å². The lowest BCUT2D eigenvalue weighted by molar-refractivity contribution is -0.138. The van der Waals surface area contributed by atoms with Crippen LogP contribution in [-0.4, -0.2) is 9.38 Å². The van der Waals surface area contributed by atoms with Crippen molar-refractivity contribution in [1.29, 1.82) is 0 Å². The number of aryl methyl sites for hydroxylation is 2. The number of nitrogens with zero attached hydrogens (tertiary/aromatic N) is 2. The van der Waals surface area contributed by atoms with Crippen molar-refractivity contribution >= 4 is 22.0 Å². The first-order valence-electron chi connectivity index (χ1n) is 7.14.